The molecule has 2 saturated heterocycles. The molecule has 3 heterocycles. The highest BCUT2D eigenvalue weighted by atomic mass is 35.5. The fourth-order valence-corrected chi connectivity index (χ4v) is 6.02. The third-order valence-electron chi connectivity index (χ3n) is 5.06. The molecule has 26 heavy (non-hydrogen) atoms. The van der Waals surface area contributed by atoms with Crippen molar-refractivity contribution >= 4 is 46.5 Å². The van der Waals surface area contributed by atoms with Crippen LogP contribution in [0.3, 0.4) is 0 Å². The number of halogens is 1. The molecule has 0 aliphatic carbocycles. The molecule has 2 aliphatic heterocycles. The second-order valence-corrected chi connectivity index (χ2v) is 9.37. The number of hydrogen-bond acceptors (Lipinski definition) is 4. The fourth-order valence-electron chi connectivity index (χ4n) is 3.71. The molecule has 2 amide bonds. The van der Waals surface area contributed by atoms with Crippen molar-refractivity contribution < 1.29 is 9.59 Å². The minimum Gasteiger partial charge on any atom is -0.338 e. The lowest BCUT2D eigenvalue weighted by Gasteiger charge is -2.44. The molecule has 4 nitrogen and oxygen atoms in total. The van der Waals surface area contributed by atoms with Gasteiger partial charge in [0.05, 0.1) is 9.75 Å². The monoisotopic (exact) mass is 406 g/mol. The lowest BCUT2D eigenvalue weighted by molar-refractivity contribution is 0.0501. The van der Waals surface area contributed by atoms with Crippen molar-refractivity contribution in [3.8, 4) is 0 Å². The van der Waals surface area contributed by atoms with Crippen molar-refractivity contribution in [1.29, 1.82) is 0 Å². The normalized spacial score (nSPS) is 19.1. The van der Waals surface area contributed by atoms with Gasteiger partial charge in [0.15, 0.2) is 0 Å². The van der Waals surface area contributed by atoms with Gasteiger partial charge < -0.3 is 9.80 Å². The Hall–Kier alpha value is -1.50. The van der Waals surface area contributed by atoms with E-state index in [4.69, 9.17) is 11.6 Å². The minimum atomic E-state index is -0.174. The zero-order chi connectivity index (χ0) is 18.1. The van der Waals surface area contributed by atoms with Crippen LogP contribution in [-0.2, 0) is 0 Å². The summed E-state index contributed by atoms with van der Waals surface area (Å²) < 4.78 is 0. The van der Waals surface area contributed by atoms with E-state index in [2.05, 4.69) is 0 Å². The van der Waals surface area contributed by atoms with Gasteiger partial charge in [0.25, 0.3) is 11.8 Å². The smallest absolute Gasteiger partial charge is 0.265 e. The third-order valence-corrected chi connectivity index (χ3v) is 7.70. The molecule has 0 N–H and O–H groups in total. The van der Waals surface area contributed by atoms with Crippen LogP contribution in [-0.4, -0.2) is 51.9 Å². The van der Waals surface area contributed by atoms with Gasteiger partial charge in [-0.3, -0.25) is 9.59 Å². The van der Waals surface area contributed by atoms with Crippen LogP contribution < -0.4 is 0 Å². The van der Waals surface area contributed by atoms with E-state index >= 15 is 0 Å². The first-order valence-electron chi connectivity index (χ1n) is 8.63. The lowest BCUT2D eigenvalue weighted by atomic mass is 10.0. The summed E-state index contributed by atoms with van der Waals surface area (Å²) >= 11 is 9.37. The van der Waals surface area contributed by atoms with Crippen LogP contribution in [0.15, 0.2) is 41.8 Å². The Kier molecular flexibility index (Phi) is 4.99. The number of hydrogen-bond donors (Lipinski definition) is 0. The van der Waals surface area contributed by atoms with Gasteiger partial charge in [-0.25, -0.2) is 0 Å². The first-order chi connectivity index (χ1) is 12.6. The summed E-state index contributed by atoms with van der Waals surface area (Å²) in [6, 6.07) is 10.9. The molecular formula is C19H19ClN2O2S2. The van der Waals surface area contributed by atoms with E-state index < -0.39 is 0 Å². The number of amides is 2. The maximum atomic E-state index is 12.9. The average molecular weight is 407 g/mol. The van der Waals surface area contributed by atoms with E-state index in [1.807, 2.05) is 39.1 Å². The maximum absolute atomic E-state index is 12.9. The Morgan fingerprint density at radius 3 is 2.54 bits per heavy atom. The summed E-state index contributed by atoms with van der Waals surface area (Å²) in [7, 11) is 0. The Balaban J connectivity index is 1.47. The minimum absolute atomic E-state index is 0.0153. The molecule has 0 saturated carbocycles. The van der Waals surface area contributed by atoms with Gasteiger partial charge in [0.1, 0.15) is 0 Å². The van der Waals surface area contributed by atoms with Crippen molar-refractivity contribution in [3.63, 3.8) is 0 Å². The summed E-state index contributed by atoms with van der Waals surface area (Å²) in [5.74, 6) is 1.10. The number of thioether (sulfide) groups is 1. The predicted molar refractivity (Wildman–Crippen MR) is 107 cm³/mol. The standard InChI is InChI=1S/C19H19ClN2O2S2/c20-15-4-1-3-14(13-15)17(23)21-8-6-19(7-9-21)22(10-12-26-19)18(24)16-5-2-11-25-16/h1-5,11,13H,6-10,12H2. The number of rotatable bonds is 2. The van der Waals surface area contributed by atoms with Crippen molar-refractivity contribution in [2.75, 3.05) is 25.4 Å². The van der Waals surface area contributed by atoms with Crippen LogP contribution in [0.2, 0.25) is 5.02 Å². The lowest BCUT2D eigenvalue weighted by Crippen LogP contribution is -2.53. The van der Waals surface area contributed by atoms with Crippen molar-refractivity contribution in [3.05, 3.63) is 57.2 Å². The highest BCUT2D eigenvalue weighted by Gasteiger charge is 2.47. The van der Waals surface area contributed by atoms with Crippen LogP contribution in [0.5, 0.6) is 0 Å². The van der Waals surface area contributed by atoms with Crippen LogP contribution in [0.25, 0.3) is 0 Å². The Morgan fingerprint density at radius 1 is 1.04 bits per heavy atom. The molecule has 0 atom stereocenters. The van der Waals surface area contributed by atoms with Gasteiger partial charge in [-0.2, -0.15) is 0 Å². The summed E-state index contributed by atoms with van der Waals surface area (Å²) in [4.78, 5) is 30.2. The first kappa shape index (κ1) is 17.9. The quantitative estimate of drug-likeness (QED) is 0.749. The zero-order valence-electron chi connectivity index (χ0n) is 14.2. The summed E-state index contributed by atoms with van der Waals surface area (Å²) in [5, 5.41) is 2.51. The predicted octanol–water partition coefficient (Wildman–Crippen LogP) is 4.22. The summed E-state index contributed by atoms with van der Waals surface area (Å²) in [6.07, 6.45) is 1.61. The van der Waals surface area contributed by atoms with Crippen molar-refractivity contribution in [2.24, 2.45) is 0 Å². The number of piperidine rings is 1. The molecule has 0 unspecified atom stereocenters. The van der Waals surface area contributed by atoms with Gasteiger partial charge >= 0.3 is 0 Å². The molecule has 2 aromatic rings. The van der Waals surface area contributed by atoms with E-state index in [0.717, 1.165) is 30.0 Å². The summed E-state index contributed by atoms with van der Waals surface area (Å²) in [5.41, 5.74) is 0.624. The number of likely N-dealkylation sites (tertiary alicyclic amines) is 1. The maximum Gasteiger partial charge on any atom is 0.265 e. The second-order valence-electron chi connectivity index (χ2n) is 6.53. The molecule has 2 fully saturated rings. The molecule has 7 heteroatoms. The van der Waals surface area contributed by atoms with Gasteiger partial charge in [0, 0.05) is 36.0 Å². The second kappa shape index (κ2) is 7.25. The zero-order valence-corrected chi connectivity index (χ0v) is 16.6. The van der Waals surface area contributed by atoms with Gasteiger partial charge in [0.2, 0.25) is 0 Å². The first-order valence-corrected chi connectivity index (χ1v) is 10.9. The van der Waals surface area contributed by atoms with Crippen LogP contribution >= 0.6 is 34.7 Å². The van der Waals surface area contributed by atoms with E-state index in [-0.39, 0.29) is 16.7 Å². The van der Waals surface area contributed by atoms with Crippen LogP contribution in [0.1, 0.15) is 32.9 Å². The third kappa shape index (κ3) is 3.26. The fraction of sp³-hybridized carbons (Fsp3) is 0.368. The van der Waals surface area contributed by atoms with E-state index in [1.54, 1.807) is 24.3 Å². The largest absolute Gasteiger partial charge is 0.338 e. The van der Waals surface area contributed by atoms with Crippen LogP contribution in [0.4, 0.5) is 0 Å². The Morgan fingerprint density at radius 2 is 1.85 bits per heavy atom. The molecule has 1 aromatic heterocycles. The Labute approximate surface area is 166 Å². The van der Waals surface area contributed by atoms with Crippen LogP contribution in [0, 0.1) is 0 Å². The molecule has 1 aromatic carbocycles. The number of thiophene rings is 1. The molecule has 0 radical (unpaired) electrons. The van der Waals surface area contributed by atoms with E-state index in [1.165, 1.54) is 11.3 Å². The summed E-state index contributed by atoms with van der Waals surface area (Å²) in [6.45, 7) is 2.10. The van der Waals surface area contributed by atoms with Gasteiger partial charge in [-0.05, 0) is 42.5 Å². The topological polar surface area (TPSA) is 40.6 Å². The molecule has 2 aliphatic rings. The van der Waals surface area contributed by atoms with Crippen molar-refractivity contribution in [2.45, 2.75) is 17.7 Å². The number of nitrogens with zero attached hydrogens (tertiary/aromatic N) is 2. The molecule has 136 valence electrons. The van der Waals surface area contributed by atoms with E-state index in [9.17, 15) is 9.59 Å². The Bertz CT molecular complexity index is 817. The van der Waals surface area contributed by atoms with E-state index in [0.29, 0.717) is 23.7 Å². The highest BCUT2D eigenvalue weighted by Crippen LogP contribution is 2.45. The SMILES string of the molecule is O=C(c1cccc(Cl)c1)N1CCC2(CC1)SCCN2C(=O)c1cccs1. The average Bonchev–Trinajstić information content (AvgIpc) is 3.32. The molecular weight excluding hydrogens is 388 g/mol. The molecule has 1 spiro atoms. The number of carbonyl (C=O) groups excluding carboxylic acids is 2. The highest BCUT2D eigenvalue weighted by molar-refractivity contribution is 8.00. The molecule has 0 bridgehead atoms. The molecule has 4 rings (SSSR count). The van der Waals surface area contributed by atoms with Gasteiger partial charge in [-0.1, -0.05) is 23.7 Å². The van der Waals surface area contributed by atoms with Crippen molar-refractivity contribution in [1.82, 2.24) is 9.80 Å². The van der Waals surface area contributed by atoms with Gasteiger partial charge in [-0.15, -0.1) is 23.1 Å². The number of benzene rings is 1. The number of carbonyl (C=O) groups is 2.